The molecule has 5 rings (SSSR count). The number of nitrogens with one attached hydrogen (secondary N) is 2. The molecule has 1 atom stereocenters. The Morgan fingerprint density at radius 1 is 0.638 bits per heavy atom. The number of fused-ring (bicyclic) bond motifs is 1. The van der Waals surface area contributed by atoms with E-state index in [4.69, 9.17) is 44.8 Å². The van der Waals surface area contributed by atoms with Crippen molar-refractivity contribution in [1.82, 2.24) is 5.32 Å². The number of methoxy groups -OCH3 is 5. The van der Waals surface area contributed by atoms with Crippen molar-refractivity contribution in [2.75, 3.05) is 54.1 Å². The van der Waals surface area contributed by atoms with Gasteiger partial charge in [0.1, 0.15) is 6.17 Å². The van der Waals surface area contributed by atoms with Crippen LogP contribution in [-0.4, -0.2) is 54.7 Å². The van der Waals surface area contributed by atoms with Crippen LogP contribution in [0.4, 0.5) is 5.69 Å². The number of hydrogen-bond acceptors (Lipinski definition) is 9. The number of halogens is 1. The molecular weight excluding hydrogens is 624 g/mol. The maximum absolute atomic E-state index is 12.7. The number of anilines is 1. The van der Waals surface area contributed by atoms with Gasteiger partial charge in [-0.05, 0) is 71.3 Å². The molecule has 1 heterocycles. The van der Waals surface area contributed by atoms with Gasteiger partial charge >= 0.3 is 0 Å². The number of hydrogen-bond donors (Lipinski definition) is 2. The summed E-state index contributed by atoms with van der Waals surface area (Å²) < 4.78 is 39.5. The Morgan fingerprint density at radius 2 is 1.28 bits per heavy atom. The lowest BCUT2D eigenvalue weighted by molar-refractivity contribution is 0.0935. The van der Waals surface area contributed by atoms with Crippen LogP contribution in [0.5, 0.6) is 40.2 Å². The van der Waals surface area contributed by atoms with Gasteiger partial charge < -0.3 is 43.8 Å². The molecule has 0 saturated heterocycles. The van der Waals surface area contributed by atoms with Crippen molar-refractivity contribution in [1.29, 1.82) is 0 Å². The van der Waals surface area contributed by atoms with Crippen LogP contribution >= 0.6 is 11.6 Å². The van der Waals surface area contributed by atoms with Crippen LogP contribution in [0.3, 0.4) is 0 Å². The normalized spacial score (nSPS) is 13.7. The van der Waals surface area contributed by atoms with Gasteiger partial charge in [-0.15, -0.1) is 0 Å². The number of carbonyl (C=O) groups excluding carboxylic acids is 1. The van der Waals surface area contributed by atoms with Crippen LogP contribution < -0.4 is 43.8 Å². The topological polar surface area (TPSA) is 106 Å². The molecule has 2 N–H and O–H groups in total. The lowest BCUT2D eigenvalue weighted by atomic mass is 10.1. The summed E-state index contributed by atoms with van der Waals surface area (Å²) in [6, 6.07) is 20.2. The van der Waals surface area contributed by atoms with Gasteiger partial charge in [-0.3, -0.25) is 4.79 Å². The molecule has 1 amide bonds. The number of rotatable bonds is 14. The number of ether oxygens (including phenoxy) is 7. The summed E-state index contributed by atoms with van der Waals surface area (Å²) in [6.07, 6.45) is 4.10. The van der Waals surface area contributed by atoms with E-state index in [1.54, 1.807) is 53.7 Å². The van der Waals surface area contributed by atoms with E-state index in [0.717, 1.165) is 16.7 Å². The van der Waals surface area contributed by atoms with Gasteiger partial charge in [-0.2, -0.15) is 0 Å². The van der Waals surface area contributed by atoms with Gasteiger partial charge in [0, 0.05) is 17.1 Å². The molecule has 0 spiro atoms. The fourth-order valence-corrected chi connectivity index (χ4v) is 5.28. The maximum atomic E-state index is 12.7. The van der Waals surface area contributed by atoms with Crippen molar-refractivity contribution in [3.05, 3.63) is 94.0 Å². The van der Waals surface area contributed by atoms with Crippen molar-refractivity contribution in [2.24, 2.45) is 0 Å². The van der Waals surface area contributed by atoms with Crippen LogP contribution in [0.1, 0.15) is 39.6 Å². The molecule has 10 nitrogen and oxygen atoms in total. The molecule has 1 aliphatic rings. The molecule has 246 valence electrons. The molecule has 0 bridgehead atoms. The van der Waals surface area contributed by atoms with E-state index in [9.17, 15) is 4.79 Å². The third-order valence-electron chi connectivity index (χ3n) is 7.47. The lowest BCUT2D eigenvalue weighted by Crippen LogP contribution is -2.38. The molecule has 0 fully saturated rings. The van der Waals surface area contributed by atoms with Crippen molar-refractivity contribution in [2.45, 2.75) is 12.6 Å². The van der Waals surface area contributed by atoms with Crippen molar-refractivity contribution in [3.8, 4) is 40.2 Å². The van der Waals surface area contributed by atoms with E-state index < -0.39 is 6.17 Å². The van der Waals surface area contributed by atoms with Crippen molar-refractivity contribution in [3.63, 3.8) is 0 Å². The highest BCUT2D eigenvalue weighted by molar-refractivity contribution is 6.31. The summed E-state index contributed by atoms with van der Waals surface area (Å²) in [6.45, 7) is 0.795. The Kier molecular flexibility index (Phi) is 10.8. The zero-order chi connectivity index (χ0) is 33.3. The molecule has 0 aliphatic carbocycles. The van der Waals surface area contributed by atoms with Gasteiger partial charge in [0.25, 0.3) is 5.91 Å². The fourth-order valence-electron chi connectivity index (χ4n) is 5.10. The highest BCUT2D eigenvalue weighted by atomic mass is 35.5. The molecule has 47 heavy (non-hydrogen) atoms. The van der Waals surface area contributed by atoms with E-state index >= 15 is 0 Å². The van der Waals surface area contributed by atoms with Crippen LogP contribution in [0.25, 0.3) is 12.2 Å². The molecule has 0 aromatic heterocycles. The average molecular weight is 661 g/mol. The monoisotopic (exact) mass is 660 g/mol. The fraction of sp³-hybridized carbons (Fsp3) is 0.250. The summed E-state index contributed by atoms with van der Waals surface area (Å²) in [5.74, 6) is 3.87. The quantitative estimate of drug-likeness (QED) is 0.107. The van der Waals surface area contributed by atoms with E-state index in [2.05, 4.69) is 10.6 Å². The number of amides is 1. The van der Waals surface area contributed by atoms with Gasteiger partial charge in [0.15, 0.2) is 34.5 Å². The second kappa shape index (κ2) is 15.4. The summed E-state index contributed by atoms with van der Waals surface area (Å²) in [5, 5.41) is 6.78. The van der Waals surface area contributed by atoms with Gasteiger partial charge in [0.05, 0.1) is 54.3 Å². The maximum Gasteiger partial charge on any atom is 0.255 e. The zero-order valence-electron chi connectivity index (χ0n) is 26.8. The summed E-state index contributed by atoms with van der Waals surface area (Å²) in [5.41, 5.74) is 3.83. The first-order valence-corrected chi connectivity index (χ1v) is 15.2. The van der Waals surface area contributed by atoms with Gasteiger partial charge in [-0.25, -0.2) is 0 Å². The molecule has 1 unspecified atom stereocenters. The van der Waals surface area contributed by atoms with E-state index in [0.29, 0.717) is 76.2 Å². The Hall–Kier alpha value is -5.22. The molecule has 4 aromatic carbocycles. The van der Waals surface area contributed by atoms with Crippen LogP contribution in [0.15, 0.2) is 66.7 Å². The minimum atomic E-state index is -0.435. The van der Waals surface area contributed by atoms with Crippen molar-refractivity contribution >= 4 is 35.3 Å². The van der Waals surface area contributed by atoms with Crippen LogP contribution in [0.2, 0.25) is 5.02 Å². The largest absolute Gasteiger partial charge is 0.493 e. The van der Waals surface area contributed by atoms with Crippen molar-refractivity contribution < 1.29 is 38.0 Å². The number of carbonyl (C=O) groups is 1. The van der Waals surface area contributed by atoms with Gasteiger partial charge in [-0.1, -0.05) is 35.9 Å². The summed E-state index contributed by atoms with van der Waals surface area (Å²) >= 11 is 6.06. The second-order valence-corrected chi connectivity index (χ2v) is 10.8. The Bertz CT molecular complexity index is 1730. The second-order valence-electron chi connectivity index (χ2n) is 10.4. The first kappa shape index (κ1) is 33.2. The molecule has 11 heteroatoms. The minimum absolute atomic E-state index is 0.206. The predicted molar refractivity (Wildman–Crippen MR) is 182 cm³/mol. The van der Waals surface area contributed by atoms with Crippen LogP contribution in [-0.2, 0) is 0 Å². The third-order valence-corrected chi connectivity index (χ3v) is 7.70. The zero-order valence-corrected chi connectivity index (χ0v) is 27.6. The highest BCUT2D eigenvalue weighted by Crippen LogP contribution is 2.39. The minimum Gasteiger partial charge on any atom is -0.493 e. The summed E-state index contributed by atoms with van der Waals surface area (Å²) in [7, 11) is 7.93. The lowest BCUT2D eigenvalue weighted by Gasteiger charge is -2.28. The molecule has 4 aromatic rings. The third kappa shape index (κ3) is 7.78. The molecular formula is C36H37ClN2O8. The molecule has 1 aliphatic heterocycles. The average Bonchev–Trinajstić information content (AvgIpc) is 3.10. The molecule has 0 saturated carbocycles. The van der Waals surface area contributed by atoms with E-state index in [1.165, 1.54) is 0 Å². The van der Waals surface area contributed by atoms with E-state index in [1.807, 2.05) is 60.7 Å². The summed E-state index contributed by atoms with van der Waals surface area (Å²) in [4.78, 5) is 12.7. The Labute approximate surface area is 279 Å². The molecule has 0 radical (unpaired) electrons. The number of benzene rings is 4. The van der Waals surface area contributed by atoms with Gasteiger partial charge in [0.2, 0.25) is 5.75 Å². The predicted octanol–water partition coefficient (Wildman–Crippen LogP) is 7.26. The first-order valence-electron chi connectivity index (χ1n) is 14.8. The SMILES string of the molecule is COc1cc(C2NC(=O)c3cc(Cl)ccc3N2)ccc1OCCCOc1cc(C=Cc2cc(OC)c(OC)c(OC)c2)ccc1OC. The standard InChI is InChI=1S/C36H37ClN2O8/c1-41-28-13-9-22(7-8-23-18-32(43-3)34(45-5)33(19-23)44-4)17-31(28)47-16-6-15-46-29-14-10-24(20-30(29)42-2)35-38-27-12-11-25(37)21-26(27)36(40)39-35/h7-14,17-21,35,38H,6,15-16H2,1-5H3,(H,39,40). The Balaban J connectivity index is 1.18. The Morgan fingerprint density at radius 3 is 1.96 bits per heavy atom. The highest BCUT2D eigenvalue weighted by Gasteiger charge is 2.25. The van der Waals surface area contributed by atoms with Crippen LogP contribution in [0, 0.1) is 0 Å². The first-order chi connectivity index (χ1) is 22.9. The smallest absolute Gasteiger partial charge is 0.255 e. The van der Waals surface area contributed by atoms with E-state index in [-0.39, 0.29) is 5.91 Å².